The summed E-state index contributed by atoms with van der Waals surface area (Å²) in [4.78, 5) is 0. The zero-order valence-electron chi connectivity index (χ0n) is 6.97. The molecular formula is C8H18O2. The van der Waals surface area contributed by atoms with Gasteiger partial charge in [-0.3, -0.25) is 0 Å². The summed E-state index contributed by atoms with van der Waals surface area (Å²) in [5.41, 5.74) is 0. The summed E-state index contributed by atoms with van der Waals surface area (Å²) >= 11 is 0. The van der Waals surface area contributed by atoms with Gasteiger partial charge in [-0.25, -0.2) is 0 Å². The molecule has 0 aliphatic carbocycles. The molecule has 10 heavy (non-hydrogen) atoms. The van der Waals surface area contributed by atoms with Gasteiger partial charge in [0.2, 0.25) is 0 Å². The Bertz CT molecular complexity index is 60.3. The quantitative estimate of drug-likeness (QED) is 0.652. The van der Waals surface area contributed by atoms with Crippen LogP contribution < -0.4 is 0 Å². The number of unbranched alkanes of at least 4 members (excludes halogenated alkanes) is 1. The summed E-state index contributed by atoms with van der Waals surface area (Å²) in [5.74, 6) is 0.912. The van der Waals surface area contributed by atoms with Gasteiger partial charge in [0.25, 0.3) is 0 Å². The fourth-order valence-electron chi connectivity index (χ4n) is 0.944. The van der Waals surface area contributed by atoms with Gasteiger partial charge in [-0.1, -0.05) is 19.8 Å². The third-order valence-electron chi connectivity index (χ3n) is 1.67. The Labute approximate surface area is 63.2 Å². The van der Waals surface area contributed by atoms with Crippen molar-refractivity contribution in [1.82, 2.24) is 0 Å². The lowest BCUT2D eigenvalue weighted by Crippen LogP contribution is -2.26. The van der Waals surface area contributed by atoms with E-state index in [1.807, 2.05) is 0 Å². The van der Waals surface area contributed by atoms with E-state index in [4.69, 9.17) is 9.84 Å². The van der Waals surface area contributed by atoms with Crippen molar-refractivity contribution < 1.29 is 9.84 Å². The van der Waals surface area contributed by atoms with E-state index in [0.717, 1.165) is 26.2 Å². The van der Waals surface area contributed by atoms with Crippen LogP contribution in [0.4, 0.5) is 0 Å². The maximum atomic E-state index is 7.00. The van der Waals surface area contributed by atoms with E-state index in [9.17, 15) is 0 Å². The van der Waals surface area contributed by atoms with Gasteiger partial charge >= 0.3 is 0 Å². The Hall–Kier alpha value is -0.0800. The minimum Gasteiger partial charge on any atom is -0.400 e. The van der Waals surface area contributed by atoms with E-state index < -0.39 is 0 Å². The van der Waals surface area contributed by atoms with Crippen LogP contribution in [0.2, 0.25) is 0 Å². The fraction of sp³-hybridized carbons (Fsp3) is 1.00. The van der Waals surface area contributed by atoms with Crippen molar-refractivity contribution in [2.45, 2.75) is 26.2 Å². The van der Waals surface area contributed by atoms with Crippen LogP contribution in [-0.4, -0.2) is 25.4 Å². The molecule has 0 saturated carbocycles. The number of aliphatic hydroxyl groups excluding tert-OH is 1. The van der Waals surface area contributed by atoms with Crippen molar-refractivity contribution >= 4 is 0 Å². The number of ether oxygens (including phenoxy) is 1. The minimum absolute atomic E-state index is 0.912. The first kappa shape index (κ1) is 9.92. The highest BCUT2D eigenvalue weighted by molar-refractivity contribution is 4.64. The maximum absolute atomic E-state index is 7.00. The molecule has 1 saturated heterocycles. The van der Waals surface area contributed by atoms with E-state index in [2.05, 4.69) is 6.92 Å². The lowest BCUT2D eigenvalue weighted by atomic mass is 10.0. The molecule has 0 radical (unpaired) electrons. The molecule has 0 bridgehead atoms. The van der Waals surface area contributed by atoms with Crippen LogP contribution in [0, 0.1) is 5.92 Å². The average Bonchev–Trinajstić information content (AvgIpc) is 1.90. The van der Waals surface area contributed by atoms with Crippen molar-refractivity contribution in [3.05, 3.63) is 0 Å². The van der Waals surface area contributed by atoms with Crippen molar-refractivity contribution in [1.29, 1.82) is 0 Å². The lowest BCUT2D eigenvalue weighted by molar-refractivity contribution is -0.0362. The summed E-state index contributed by atoms with van der Waals surface area (Å²) in [6.07, 6.45) is 4.10. The highest BCUT2D eigenvalue weighted by atomic mass is 16.5. The van der Waals surface area contributed by atoms with Crippen LogP contribution in [0.1, 0.15) is 26.2 Å². The molecule has 0 aromatic rings. The van der Waals surface area contributed by atoms with Crippen molar-refractivity contribution in [3.63, 3.8) is 0 Å². The fourth-order valence-corrected chi connectivity index (χ4v) is 0.944. The lowest BCUT2D eigenvalue weighted by Gasteiger charge is -2.25. The Morgan fingerprint density at radius 3 is 2.30 bits per heavy atom. The highest BCUT2D eigenvalue weighted by Crippen LogP contribution is 2.16. The van der Waals surface area contributed by atoms with Gasteiger partial charge in [0.05, 0.1) is 13.2 Å². The molecule has 1 aliphatic rings. The molecule has 1 fully saturated rings. The first-order valence-electron chi connectivity index (χ1n) is 3.96. The second-order valence-corrected chi connectivity index (χ2v) is 2.55. The largest absolute Gasteiger partial charge is 0.400 e. The zero-order chi connectivity index (χ0) is 7.82. The van der Waals surface area contributed by atoms with Gasteiger partial charge in [0.15, 0.2) is 0 Å². The summed E-state index contributed by atoms with van der Waals surface area (Å²) < 4.78 is 5.03. The molecule has 0 unspecified atom stereocenters. The molecule has 0 spiro atoms. The Kier molecular flexibility index (Phi) is 6.98. The second kappa shape index (κ2) is 7.03. The summed E-state index contributed by atoms with van der Waals surface area (Å²) in [7, 11) is 1.00. The Morgan fingerprint density at radius 2 is 2.00 bits per heavy atom. The smallest absolute Gasteiger partial charge is 0.0516 e. The Balaban J connectivity index is 0.000000371. The molecule has 62 valence electrons. The van der Waals surface area contributed by atoms with Crippen molar-refractivity contribution in [2.75, 3.05) is 20.3 Å². The van der Waals surface area contributed by atoms with Gasteiger partial charge in [-0.05, 0) is 6.42 Å². The van der Waals surface area contributed by atoms with Crippen LogP contribution >= 0.6 is 0 Å². The van der Waals surface area contributed by atoms with Crippen molar-refractivity contribution in [2.24, 2.45) is 5.92 Å². The van der Waals surface area contributed by atoms with E-state index in [-0.39, 0.29) is 0 Å². The molecule has 1 heterocycles. The average molecular weight is 146 g/mol. The van der Waals surface area contributed by atoms with Crippen molar-refractivity contribution in [3.8, 4) is 0 Å². The number of rotatable bonds is 3. The first-order valence-corrected chi connectivity index (χ1v) is 3.96. The van der Waals surface area contributed by atoms with Crippen LogP contribution in [0.15, 0.2) is 0 Å². The van der Waals surface area contributed by atoms with Gasteiger partial charge < -0.3 is 9.84 Å². The van der Waals surface area contributed by atoms with Gasteiger partial charge in [-0.2, -0.15) is 0 Å². The minimum atomic E-state index is 0.912. The van der Waals surface area contributed by atoms with E-state index in [0.29, 0.717) is 0 Å². The topological polar surface area (TPSA) is 29.5 Å². The molecule has 0 aromatic carbocycles. The summed E-state index contributed by atoms with van der Waals surface area (Å²) in [5, 5.41) is 7.00. The molecule has 0 aromatic heterocycles. The number of aliphatic hydroxyl groups is 1. The van der Waals surface area contributed by atoms with Crippen LogP contribution in [0.25, 0.3) is 0 Å². The molecule has 1 rings (SSSR count). The molecule has 0 amide bonds. The third-order valence-corrected chi connectivity index (χ3v) is 1.67. The molecule has 2 heteroatoms. The Morgan fingerprint density at radius 1 is 1.40 bits per heavy atom. The monoisotopic (exact) mass is 146 g/mol. The summed E-state index contributed by atoms with van der Waals surface area (Å²) in [6.45, 7) is 4.29. The predicted octanol–water partition coefficient (Wildman–Crippen LogP) is 1.43. The van der Waals surface area contributed by atoms with Crippen LogP contribution in [0.5, 0.6) is 0 Å². The standard InChI is InChI=1S/C7H14O.CH4O/c1-2-3-4-7-5-8-6-7;1-2/h7H,2-6H2,1H3;2H,1H3. The summed E-state index contributed by atoms with van der Waals surface area (Å²) in [6, 6.07) is 0. The molecule has 1 N–H and O–H groups in total. The molecule has 1 aliphatic heterocycles. The van der Waals surface area contributed by atoms with E-state index >= 15 is 0 Å². The van der Waals surface area contributed by atoms with Gasteiger partial charge in [0.1, 0.15) is 0 Å². The van der Waals surface area contributed by atoms with E-state index in [1.165, 1.54) is 19.3 Å². The maximum Gasteiger partial charge on any atom is 0.0516 e. The zero-order valence-corrected chi connectivity index (χ0v) is 6.97. The second-order valence-electron chi connectivity index (χ2n) is 2.55. The molecule has 0 atom stereocenters. The van der Waals surface area contributed by atoms with Crippen LogP contribution in [-0.2, 0) is 4.74 Å². The van der Waals surface area contributed by atoms with Crippen LogP contribution in [0.3, 0.4) is 0 Å². The van der Waals surface area contributed by atoms with Gasteiger partial charge in [-0.15, -0.1) is 0 Å². The first-order chi connectivity index (χ1) is 4.93. The normalized spacial score (nSPS) is 17.1. The number of hydrogen-bond acceptors (Lipinski definition) is 2. The SMILES string of the molecule is CCCCC1COC1.CO. The molecule has 2 nitrogen and oxygen atoms in total. The predicted molar refractivity (Wildman–Crippen MR) is 42.0 cm³/mol. The van der Waals surface area contributed by atoms with Gasteiger partial charge in [0, 0.05) is 13.0 Å². The highest BCUT2D eigenvalue weighted by Gasteiger charge is 2.16. The number of hydrogen-bond donors (Lipinski definition) is 1. The third kappa shape index (κ3) is 3.85. The molecular weight excluding hydrogens is 128 g/mol. The van der Waals surface area contributed by atoms with E-state index in [1.54, 1.807) is 0 Å².